The maximum atomic E-state index is 12.5. The first-order chi connectivity index (χ1) is 10.2. The molecule has 2 aliphatic rings. The lowest BCUT2D eigenvalue weighted by atomic mass is 10.2. The van der Waals surface area contributed by atoms with Crippen molar-refractivity contribution in [3.63, 3.8) is 0 Å². The molecule has 2 fully saturated rings. The quantitative estimate of drug-likeness (QED) is 0.860. The Kier molecular flexibility index (Phi) is 2.80. The Morgan fingerprint density at radius 2 is 2.14 bits per heavy atom. The number of likely N-dealkylation sites (tertiary alicyclic amines) is 1. The molecule has 1 unspecified atom stereocenters. The van der Waals surface area contributed by atoms with Gasteiger partial charge >= 0.3 is 0 Å². The van der Waals surface area contributed by atoms with Crippen LogP contribution in [-0.2, 0) is 0 Å². The number of carbonyl (C=O) groups is 1. The third kappa shape index (κ3) is 2.22. The summed E-state index contributed by atoms with van der Waals surface area (Å²) in [6.45, 7) is 2.45. The number of aryl methyl sites for hydroxylation is 1. The Hall–Kier alpha value is -2.18. The molecule has 1 aliphatic heterocycles. The van der Waals surface area contributed by atoms with Crippen molar-refractivity contribution in [2.45, 2.75) is 44.6 Å². The molecule has 0 radical (unpaired) electrons. The van der Waals surface area contributed by atoms with Gasteiger partial charge in [-0.1, -0.05) is 10.3 Å². The molecule has 21 heavy (non-hydrogen) atoms. The van der Waals surface area contributed by atoms with E-state index in [-0.39, 0.29) is 11.9 Å². The van der Waals surface area contributed by atoms with Crippen molar-refractivity contribution in [2.75, 3.05) is 6.54 Å². The Morgan fingerprint density at radius 1 is 1.29 bits per heavy atom. The highest BCUT2D eigenvalue weighted by molar-refractivity contribution is 5.92. The van der Waals surface area contributed by atoms with E-state index in [0.29, 0.717) is 35.6 Å². The molecule has 1 saturated heterocycles. The number of hydrogen-bond acceptors (Lipinski definition) is 6. The van der Waals surface area contributed by atoms with Gasteiger partial charge in [0.1, 0.15) is 5.76 Å². The highest BCUT2D eigenvalue weighted by Gasteiger charge is 2.37. The second-order valence-electron chi connectivity index (χ2n) is 5.74. The molecule has 1 aliphatic carbocycles. The van der Waals surface area contributed by atoms with Gasteiger partial charge in [-0.05, 0) is 32.6 Å². The van der Waals surface area contributed by atoms with E-state index in [2.05, 4.69) is 15.3 Å². The number of nitrogens with zero attached hydrogens (tertiary/aromatic N) is 4. The number of amides is 1. The molecular formula is C14H16N4O3. The highest BCUT2D eigenvalue weighted by atomic mass is 16.5. The maximum Gasteiger partial charge on any atom is 0.276 e. The summed E-state index contributed by atoms with van der Waals surface area (Å²) in [6, 6.07) is 1.54. The minimum absolute atomic E-state index is 0.120. The highest BCUT2D eigenvalue weighted by Crippen LogP contribution is 2.40. The van der Waals surface area contributed by atoms with Gasteiger partial charge in [-0.15, -0.1) is 0 Å². The van der Waals surface area contributed by atoms with Gasteiger partial charge in [-0.25, -0.2) is 0 Å². The number of rotatable bonds is 3. The van der Waals surface area contributed by atoms with Crippen molar-refractivity contribution in [2.24, 2.45) is 0 Å². The van der Waals surface area contributed by atoms with E-state index in [1.54, 1.807) is 17.9 Å². The van der Waals surface area contributed by atoms with Gasteiger partial charge in [-0.3, -0.25) is 4.79 Å². The van der Waals surface area contributed by atoms with Crippen LogP contribution in [0.1, 0.15) is 65.6 Å². The molecule has 4 rings (SSSR count). The molecule has 2 aromatic heterocycles. The standard InChI is InChI=1S/C14H16N4O3/c1-8-7-10(16-20-8)14(19)18-6-2-3-11(18)12-15-13(21-17-12)9-4-5-9/h7,9,11H,2-6H2,1H3. The summed E-state index contributed by atoms with van der Waals surface area (Å²) in [5.41, 5.74) is 0.338. The van der Waals surface area contributed by atoms with Gasteiger partial charge in [0.25, 0.3) is 5.91 Å². The summed E-state index contributed by atoms with van der Waals surface area (Å²) in [4.78, 5) is 18.7. The van der Waals surface area contributed by atoms with Crippen molar-refractivity contribution < 1.29 is 13.8 Å². The summed E-state index contributed by atoms with van der Waals surface area (Å²) in [7, 11) is 0. The fourth-order valence-electron chi connectivity index (χ4n) is 2.77. The second-order valence-corrected chi connectivity index (χ2v) is 5.74. The van der Waals surface area contributed by atoms with Gasteiger partial charge < -0.3 is 13.9 Å². The summed E-state index contributed by atoms with van der Waals surface area (Å²) in [5, 5.41) is 7.87. The van der Waals surface area contributed by atoms with Crippen molar-refractivity contribution >= 4 is 5.91 Å². The van der Waals surface area contributed by atoms with Crippen LogP contribution in [-0.4, -0.2) is 32.6 Å². The minimum atomic E-state index is -0.132. The van der Waals surface area contributed by atoms with Gasteiger partial charge in [-0.2, -0.15) is 4.98 Å². The van der Waals surface area contributed by atoms with E-state index >= 15 is 0 Å². The predicted octanol–water partition coefficient (Wildman–Crippen LogP) is 2.22. The molecule has 7 nitrogen and oxygen atoms in total. The van der Waals surface area contributed by atoms with Crippen LogP contribution in [0, 0.1) is 6.92 Å². The molecule has 3 heterocycles. The zero-order valence-corrected chi connectivity index (χ0v) is 11.8. The molecule has 0 aromatic carbocycles. The lowest BCUT2D eigenvalue weighted by Gasteiger charge is -2.20. The molecule has 0 spiro atoms. The maximum absolute atomic E-state index is 12.5. The normalized spacial score (nSPS) is 22.0. The van der Waals surface area contributed by atoms with Crippen LogP contribution < -0.4 is 0 Å². The summed E-state index contributed by atoms with van der Waals surface area (Å²) in [6.07, 6.45) is 4.02. The van der Waals surface area contributed by atoms with Crippen LogP contribution in [0.2, 0.25) is 0 Å². The zero-order chi connectivity index (χ0) is 14.4. The molecule has 0 N–H and O–H groups in total. The first kappa shape index (κ1) is 12.6. The van der Waals surface area contributed by atoms with Crippen LogP contribution in [0.15, 0.2) is 15.1 Å². The molecule has 110 valence electrons. The smallest absolute Gasteiger partial charge is 0.276 e. The Labute approximate surface area is 121 Å². The van der Waals surface area contributed by atoms with Crippen LogP contribution in [0.5, 0.6) is 0 Å². The van der Waals surface area contributed by atoms with Crippen LogP contribution in [0.4, 0.5) is 0 Å². The van der Waals surface area contributed by atoms with Crippen molar-refractivity contribution in [1.82, 2.24) is 20.2 Å². The third-order valence-electron chi connectivity index (χ3n) is 4.04. The molecular weight excluding hydrogens is 272 g/mol. The van der Waals surface area contributed by atoms with Crippen LogP contribution in [0.3, 0.4) is 0 Å². The lowest BCUT2D eigenvalue weighted by Crippen LogP contribution is -2.31. The second kappa shape index (κ2) is 4.68. The molecule has 7 heteroatoms. The van der Waals surface area contributed by atoms with E-state index in [9.17, 15) is 4.79 Å². The minimum Gasteiger partial charge on any atom is -0.361 e. The third-order valence-corrected chi connectivity index (χ3v) is 4.04. The van der Waals surface area contributed by atoms with Gasteiger partial charge in [0.05, 0.1) is 6.04 Å². The average molecular weight is 288 g/mol. The number of carbonyl (C=O) groups excluding carboxylic acids is 1. The van der Waals surface area contributed by atoms with Gasteiger partial charge in [0.2, 0.25) is 5.89 Å². The van der Waals surface area contributed by atoms with Crippen molar-refractivity contribution in [3.8, 4) is 0 Å². The fraction of sp³-hybridized carbons (Fsp3) is 0.571. The molecule has 0 bridgehead atoms. The number of aromatic nitrogens is 3. The summed E-state index contributed by atoms with van der Waals surface area (Å²) >= 11 is 0. The lowest BCUT2D eigenvalue weighted by molar-refractivity contribution is 0.0717. The Bertz CT molecular complexity index is 673. The first-order valence-corrected chi connectivity index (χ1v) is 7.30. The van der Waals surface area contributed by atoms with Crippen LogP contribution in [0.25, 0.3) is 0 Å². The topological polar surface area (TPSA) is 85.3 Å². The van der Waals surface area contributed by atoms with Gasteiger partial charge in [0, 0.05) is 18.5 Å². The fourth-order valence-corrected chi connectivity index (χ4v) is 2.77. The van der Waals surface area contributed by atoms with Crippen molar-refractivity contribution in [1.29, 1.82) is 0 Å². The summed E-state index contributed by atoms with van der Waals surface area (Å²) < 4.78 is 10.3. The average Bonchev–Trinajstić information content (AvgIpc) is 2.94. The zero-order valence-electron chi connectivity index (χ0n) is 11.8. The predicted molar refractivity (Wildman–Crippen MR) is 70.5 cm³/mol. The monoisotopic (exact) mass is 288 g/mol. The first-order valence-electron chi connectivity index (χ1n) is 7.30. The largest absolute Gasteiger partial charge is 0.361 e. The van der Waals surface area contributed by atoms with Crippen LogP contribution >= 0.6 is 0 Å². The molecule has 2 aromatic rings. The SMILES string of the molecule is Cc1cc(C(=O)N2CCCC2c2noc(C3CC3)n2)no1. The molecule has 1 amide bonds. The molecule has 1 saturated carbocycles. The molecule has 1 atom stereocenters. The van der Waals surface area contributed by atoms with E-state index < -0.39 is 0 Å². The van der Waals surface area contributed by atoms with E-state index in [0.717, 1.165) is 25.7 Å². The Morgan fingerprint density at radius 3 is 2.86 bits per heavy atom. The Balaban J connectivity index is 1.57. The van der Waals surface area contributed by atoms with E-state index in [1.807, 2.05) is 0 Å². The van der Waals surface area contributed by atoms with E-state index in [4.69, 9.17) is 9.05 Å². The van der Waals surface area contributed by atoms with Gasteiger partial charge in [0.15, 0.2) is 11.5 Å². The van der Waals surface area contributed by atoms with E-state index in [1.165, 1.54) is 0 Å². The summed E-state index contributed by atoms with van der Waals surface area (Å²) in [5.74, 6) is 2.25. The van der Waals surface area contributed by atoms with Crippen molar-refractivity contribution in [3.05, 3.63) is 29.2 Å². The number of hydrogen-bond donors (Lipinski definition) is 0.